The van der Waals surface area contributed by atoms with Crippen molar-refractivity contribution in [2.75, 3.05) is 26.5 Å². The summed E-state index contributed by atoms with van der Waals surface area (Å²) in [7, 11) is 1.83. The Balaban J connectivity index is 0.00000300. The van der Waals surface area contributed by atoms with E-state index in [2.05, 4.69) is 77.3 Å². The molecule has 0 saturated carbocycles. The maximum absolute atomic E-state index is 6.11. The van der Waals surface area contributed by atoms with Gasteiger partial charge in [0.2, 0.25) is 0 Å². The number of hydrogen-bond donors (Lipinski definition) is 2. The van der Waals surface area contributed by atoms with E-state index in [0.717, 1.165) is 38.5 Å². The maximum atomic E-state index is 6.11. The minimum absolute atomic E-state index is 0. The Kier molecular flexibility index (Phi) is 10.3. The molecule has 3 rings (SSSR count). The SMILES string of the molecule is CN=C(NCc1ccc(C)cc1SC)NCC1CCCOC1c1ccccc1.I. The molecule has 4 nitrogen and oxygen atoms in total. The van der Waals surface area contributed by atoms with E-state index >= 15 is 0 Å². The van der Waals surface area contributed by atoms with Crippen molar-refractivity contribution >= 4 is 41.7 Å². The summed E-state index contributed by atoms with van der Waals surface area (Å²) in [5.41, 5.74) is 3.85. The Morgan fingerprint density at radius 3 is 2.69 bits per heavy atom. The van der Waals surface area contributed by atoms with Crippen molar-refractivity contribution in [3.63, 3.8) is 0 Å². The van der Waals surface area contributed by atoms with Crippen LogP contribution in [0.2, 0.25) is 0 Å². The molecule has 2 atom stereocenters. The van der Waals surface area contributed by atoms with Gasteiger partial charge in [-0.2, -0.15) is 0 Å². The van der Waals surface area contributed by atoms with Crippen LogP contribution in [0, 0.1) is 12.8 Å². The molecular formula is C23H32IN3OS. The number of thioether (sulfide) groups is 1. The fraction of sp³-hybridized carbons (Fsp3) is 0.435. The Bertz CT molecular complexity index is 785. The summed E-state index contributed by atoms with van der Waals surface area (Å²) in [5.74, 6) is 1.28. The van der Waals surface area contributed by atoms with Crippen LogP contribution in [0.25, 0.3) is 0 Å². The lowest BCUT2D eigenvalue weighted by molar-refractivity contribution is -0.0265. The van der Waals surface area contributed by atoms with Gasteiger partial charge in [0.05, 0.1) is 6.10 Å². The molecule has 0 aliphatic carbocycles. The first-order valence-electron chi connectivity index (χ1n) is 9.96. The standard InChI is InChI=1S/C23H31N3OS.HI/c1-17-11-12-19(21(14-17)28-3)15-25-23(24-2)26-16-20-10-7-13-27-22(20)18-8-5-4-6-9-18;/h4-6,8-9,11-12,14,20,22H,7,10,13,15-16H2,1-3H3,(H2,24,25,26);1H. The Morgan fingerprint density at radius 2 is 1.97 bits per heavy atom. The molecule has 0 bridgehead atoms. The summed E-state index contributed by atoms with van der Waals surface area (Å²) in [4.78, 5) is 5.72. The van der Waals surface area contributed by atoms with Gasteiger partial charge in [-0.1, -0.05) is 42.5 Å². The van der Waals surface area contributed by atoms with Gasteiger partial charge in [-0.3, -0.25) is 4.99 Å². The molecule has 0 spiro atoms. The van der Waals surface area contributed by atoms with Crippen LogP contribution in [0.15, 0.2) is 58.4 Å². The number of hydrogen-bond acceptors (Lipinski definition) is 3. The van der Waals surface area contributed by atoms with Crippen molar-refractivity contribution in [3.05, 3.63) is 65.2 Å². The first kappa shape index (κ1) is 24.0. The van der Waals surface area contributed by atoms with E-state index in [1.807, 2.05) is 7.05 Å². The molecule has 2 N–H and O–H groups in total. The number of benzene rings is 2. The zero-order valence-corrected chi connectivity index (χ0v) is 20.6. The smallest absolute Gasteiger partial charge is 0.191 e. The number of nitrogens with one attached hydrogen (secondary N) is 2. The average molecular weight is 526 g/mol. The van der Waals surface area contributed by atoms with Gasteiger partial charge < -0.3 is 15.4 Å². The maximum Gasteiger partial charge on any atom is 0.191 e. The molecule has 2 aromatic rings. The highest BCUT2D eigenvalue weighted by Crippen LogP contribution is 2.33. The van der Waals surface area contributed by atoms with Gasteiger partial charge in [-0.25, -0.2) is 0 Å². The van der Waals surface area contributed by atoms with Crippen molar-refractivity contribution < 1.29 is 4.74 Å². The van der Waals surface area contributed by atoms with Crippen molar-refractivity contribution in [2.24, 2.45) is 10.9 Å². The lowest BCUT2D eigenvalue weighted by Crippen LogP contribution is -2.41. The molecule has 1 fully saturated rings. The second kappa shape index (κ2) is 12.4. The normalized spacial score (nSPS) is 19.3. The topological polar surface area (TPSA) is 45.7 Å². The van der Waals surface area contributed by atoms with Crippen LogP contribution in [-0.2, 0) is 11.3 Å². The number of guanidine groups is 1. The number of nitrogens with zero attached hydrogens (tertiary/aromatic N) is 1. The van der Waals surface area contributed by atoms with Gasteiger partial charge in [0, 0.05) is 37.6 Å². The zero-order valence-electron chi connectivity index (χ0n) is 17.5. The van der Waals surface area contributed by atoms with Crippen molar-refractivity contribution in [2.45, 2.75) is 37.3 Å². The summed E-state index contributed by atoms with van der Waals surface area (Å²) < 4.78 is 6.11. The van der Waals surface area contributed by atoms with E-state index in [9.17, 15) is 0 Å². The molecule has 6 heteroatoms. The third-order valence-electron chi connectivity index (χ3n) is 5.22. The summed E-state index contributed by atoms with van der Waals surface area (Å²) in [5, 5.41) is 6.97. The largest absolute Gasteiger partial charge is 0.373 e. The number of halogens is 1. The van der Waals surface area contributed by atoms with Crippen LogP contribution in [0.1, 0.15) is 35.6 Å². The lowest BCUT2D eigenvalue weighted by Gasteiger charge is -2.32. The molecule has 0 amide bonds. The number of aryl methyl sites for hydroxylation is 1. The second-order valence-electron chi connectivity index (χ2n) is 7.23. The fourth-order valence-electron chi connectivity index (χ4n) is 3.69. The van der Waals surface area contributed by atoms with Gasteiger partial charge in [0.1, 0.15) is 0 Å². The molecule has 1 aliphatic heterocycles. The number of aliphatic imine (C=N–C) groups is 1. The minimum Gasteiger partial charge on any atom is -0.373 e. The Labute approximate surface area is 196 Å². The Hall–Kier alpha value is -1.25. The van der Waals surface area contributed by atoms with E-state index < -0.39 is 0 Å². The highest BCUT2D eigenvalue weighted by molar-refractivity contribution is 14.0. The molecule has 29 heavy (non-hydrogen) atoms. The predicted octanol–water partition coefficient (Wildman–Crippen LogP) is 5.17. The molecule has 1 aliphatic rings. The van der Waals surface area contributed by atoms with E-state index in [0.29, 0.717) is 5.92 Å². The van der Waals surface area contributed by atoms with Crippen LogP contribution >= 0.6 is 35.7 Å². The third-order valence-corrected chi connectivity index (χ3v) is 6.04. The van der Waals surface area contributed by atoms with Crippen LogP contribution in [0.5, 0.6) is 0 Å². The molecular weight excluding hydrogens is 493 g/mol. The summed E-state index contributed by atoms with van der Waals surface area (Å²) in [6.07, 6.45) is 4.55. The quantitative estimate of drug-likeness (QED) is 0.237. The summed E-state index contributed by atoms with van der Waals surface area (Å²) >= 11 is 1.79. The molecule has 1 saturated heterocycles. The first-order chi connectivity index (χ1) is 13.7. The fourth-order valence-corrected chi connectivity index (χ4v) is 4.39. The molecule has 0 radical (unpaired) electrons. The van der Waals surface area contributed by atoms with E-state index in [1.54, 1.807) is 11.8 Å². The van der Waals surface area contributed by atoms with E-state index in [4.69, 9.17) is 4.74 Å². The Morgan fingerprint density at radius 1 is 1.17 bits per heavy atom. The van der Waals surface area contributed by atoms with Crippen molar-refractivity contribution in [3.8, 4) is 0 Å². The van der Waals surface area contributed by atoms with E-state index in [-0.39, 0.29) is 30.1 Å². The van der Waals surface area contributed by atoms with Gasteiger partial charge >= 0.3 is 0 Å². The summed E-state index contributed by atoms with van der Waals surface area (Å²) in [6, 6.07) is 17.2. The van der Waals surface area contributed by atoms with Crippen LogP contribution in [-0.4, -0.2) is 32.4 Å². The predicted molar refractivity (Wildman–Crippen MR) is 134 cm³/mol. The van der Waals surface area contributed by atoms with Gasteiger partial charge in [-0.05, 0) is 48.8 Å². The van der Waals surface area contributed by atoms with E-state index in [1.165, 1.54) is 21.6 Å². The highest BCUT2D eigenvalue weighted by Gasteiger charge is 2.27. The lowest BCUT2D eigenvalue weighted by atomic mass is 9.89. The monoisotopic (exact) mass is 525 g/mol. The molecule has 2 aromatic carbocycles. The van der Waals surface area contributed by atoms with Crippen molar-refractivity contribution in [1.82, 2.24) is 10.6 Å². The average Bonchev–Trinajstić information content (AvgIpc) is 2.75. The second-order valence-corrected chi connectivity index (χ2v) is 8.07. The van der Waals surface area contributed by atoms with Gasteiger partial charge in [0.25, 0.3) is 0 Å². The van der Waals surface area contributed by atoms with Gasteiger partial charge in [0.15, 0.2) is 5.96 Å². The van der Waals surface area contributed by atoms with Crippen LogP contribution in [0.3, 0.4) is 0 Å². The molecule has 2 unspecified atom stereocenters. The minimum atomic E-state index is 0. The van der Waals surface area contributed by atoms with Crippen LogP contribution in [0.4, 0.5) is 0 Å². The zero-order chi connectivity index (χ0) is 19.8. The first-order valence-corrected chi connectivity index (χ1v) is 11.2. The van der Waals surface area contributed by atoms with Gasteiger partial charge in [-0.15, -0.1) is 35.7 Å². The third kappa shape index (κ3) is 6.89. The number of ether oxygens (including phenoxy) is 1. The molecule has 0 aromatic heterocycles. The van der Waals surface area contributed by atoms with Crippen LogP contribution < -0.4 is 10.6 Å². The van der Waals surface area contributed by atoms with Crippen molar-refractivity contribution in [1.29, 1.82) is 0 Å². The highest BCUT2D eigenvalue weighted by atomic mass is 127. The number of rotatable bonds is 6. The molecule has 158 valence electrons. The molecule has 1 heterocycles. The summed E-state index contributed by atoms with van der Waals surface area (Å²) in [6.45, 7) is 4.59.